The Hall–Kier alpha value is -1.40. The quantitative estimate of drug-likeness (QED) is 0.354. The van der Waals surface area contributed by atoms with Crippen LogP contribution in [0.3, 0.4) is 0 Å². The summed E-state index contributed by atoms with van der Waals surface area (Å²) in [6.45, 7) is 13.9. The molecule has 0 aliphatic carbocycles. The molecular formula is C17H29O7P. The molecule has 144 valence electrons. The molecule has 25 heavy (non-hydrogen) atoms. The highest BCUT2D eigenvalue weighted by molar-refractivity contribution is 7.45. The maximum atomic E-state index is 11.5. The number of phenols is 1. The van der Waals surface area contributed by atoms with E-state index in [0.29, 0.717) is 17.9 Å². The van der Waals surface area contributed by atoms with Gasteiger partial charge in [0.25, 0.3) is 0 Å². The van der Waals surface area contributed by atoms with Crippen molar-refractivity contribution in [2.24, 2.45) is 0 Å². The molecule has 0 unspecified atom stereocenters. The lowest BCUT2D eigenvalue weighted by Crippen LogP contribution is -2.18. The average molecular weight is 376 g/mol. The van der Waals surface area contributed by atoms with Crippen molar-refractivity contribution >= 4 is 13.8 Å². The van der Waals surface area contributed by atoms with Gasteiger partial charge in [-0.2, -0.15) is 0 Å². The number of carbonyl (C=O) groups is 1. The summed E-state index contributed by atoms with van der Waals surface area (Å²) in [5, 5.41) is 10.5. The normalized spacial score (nSPS) is 12.2. The fraction of sp³-hybridized carbons (Fsp3) is 0.588. The molecule has 0 saturated carbocycles. The number of phosphoric acid groups is 1. The van der Waals surface area contributed by atoms with Crippen molar-refractivity contribution < 1.29 is 33.9 Å². The molecule has 0 heterocycles. The number of esters is 1. The molecule has 0 fully saturated rings. The van der Waals surface area contributed by atoms with Crippen LogP contribution in [-0.4, -0.2) is 25.8 Å². The second-order valence-electron chi connectivity index (χ2n) is 7.71. The minimum Gasteiger partial charge on any atom is -0.507 e. The summed E-state index contributed by atoms with van der Waals surface area (Å²) >= 11 is 0. The number of carbonyl (C=O) groups excluding carboxylic acids is 1. The molecule has 0 bridgehead atoms. The predicted octanol–water partition coefficient (Wildman–Crippen LogP) is 3.37. The first-order valence-corrected chi connectivity index (χ1v) is 9.40. The van der Waals surface area contributed by atoms with Crippen molar-refractivity contribution in [1.29, 1.82) is 0 Å². The van der Waals surface area contributed by atoms with E-state index in [0.717, 1.165) is 11.1 Å². The minimum absolute atomic E-state index is 0.223. The highest BCUT2D eigenvalue weighted by atomic mass is 31.2. The highest BCUT2D eigenvalue weighted by Crippen LogP contribution is 2.41. The van der Waals surface area contributed by atoms with Crippen molar-refractivity contribution in [3.8, 4) is 11.5 Å². The molecular weight excluding hydrogens is 347 g/mol. The first-order chi connectivity index (χ1) is 11.0. The first kappa shape index (κ1) is 23.6. The van der Waals surface area contributed by atoms with Crippen molar-refractivity contribution in [1.82, 2.24) is 0 Å². The SMILES string of the molecule is CCC(=O)Oc1cc(C(C)(C)C)c(O)c(C(C)(C)C)c1.O=P(O)(O)O. The third-order valence-corrected chi connectivity index (χ3v) is 3.22. The van der Waals surface area contributed by atoms with Crippen LogP contribution in [0.15, 0.2) is 12.1 Å². The van der Waals surface area contributed by atoms with Gasteiger partial charge in [0.05, 0.1) is 0 Å². The Morgan fingerprint density at radius 2 is 1.32 bits per heavy atom. The van der Waals surface area contributed by atoms with Gasteiger partial charge in [-0.15, -0.1) is 0 Å². The molecule has 1 aromatic carbocycles. The minimum atomic E-state index is -4.64. The van der Waals surface area contributed by atoms with E-state index < -0.39 is 7.82 Å². The number of aromatic hydroxyl groups is 1. The maximum absolute atomic E-state index is 11.5. The Balaban J connectivity index is 0.00000101. The number of ether oxygens (including phenoxy) is 1. The summed E-state index contributed by atoms with van der Waals surface area (Å²) in [4.78, 5) is 33.1. The van der Waals surface area contributed by atoms with Gasteiger partial charge in [0, 0.05) is 17.5 Å². The van der Waals surface area contributed by atoms with E-state index in [-0.39, 0.29) is 16.8 Å². The van der Waals surface area contributed by atoms with Gasteiger partial charge in [-0.25, -0.2) is 4.57 Å². The molecule has 0 amide bonds. The molecule has 4 N–H and O–H groups in total. The van der Waals surface area contributed by atoms with Crippen LogP contribution < -0.4 is 4.74 Å². The van der Waals surface area contributed by atoms with Crippen LogP contribution in [0.2, 0.25) is 0 Å². The van der Waals surface area contributed by atoms with Gasteiger partial charge in [0.15, 0.2) is 0 Å². The third kappa shape index (κ3) is 9.02. The van der Waals surface area contributed by atoms with E-state index in [9.17, 15) is 9.90 Å². The number of rotatable bonds is 2. The molecule has 7 nitrogen and oxygen atoms in total. The summed E-state index contributed by atoms with van der Waals surface area (Å²) in [5.41, 5.74) is 1.14. The van der Waals surface area contributed by atoms with E-state index in [1.54, 1.807) is 19.1 Å². The zero-order valence-electron chi connectivity index (χ0n) is 15.8. The summed E-state index contributed by atoms with van der Waals surface area (Å²) in [5.74, 6) is 0.529. The van der Waals surface area contributed by atoms with Crippen molar-refractivity contribution in [3.05, 3.63) is 23.3 Å². The summed E-state index contributed by atoms with van der Waals surface area (Å²) < 4.78 is 14.2. The number of hydrogen-bond acceptors (Lipinski definition) is 4. The fourth-order valence-corrected chi connectivity index (χ4v) is 2.01. The topological polar surface area (TPSA) is 124 Å². The Labute approximate surface area is 148 Å². The second kappa shape index (κ2) is 8.32. The molecule has 0 spiro atoms. The Morgan fingerprint density at radius 1 is 1.00 bits per heavy atom. The van der Waals surface area contributed by atoms with E-state index in [2.05, 4.69) is 0 Å². The molecule has 0 saturated heterocycles. The molecule has 0 aliphatic rings. The smallest absolute Gasteiger partial charge is 0.466 e. The molecule has 8 heteroatoms. The molecule has 1 aromatic rings. The number of phenolic OH excluding ortho intramolecular Hbond substituents is 1. The Kier molecular flexibility index (Phi) is 7.85. The Bertz CT molecular complexity index is 605. The lowest BCUT2D eigenvalue weighted by molar-refractivity contribution is -0.134. The zero-order chi connectivity index (χ0) is 20.2. The summed E-state index contributed by atoms with van der Waals surface area (Å²) in [6, 6.07) is 3.52. The van der Waals surface area contributed by atoms with Gasteiger partial charge in [0.1, 0.15) is 11.5 Å². The lowest BCUT2D eigenvalue weighted by atomic mass is 9.79. The molecule has 1 rings (SSSR count). The van der Waals surface area contributed by atoms with Gasteiger partial charge in [0.2, 0.25) is 0 Å². The summed E-state index contributed by atoms with van der Waals surface area (Å²) in [6.07, 6.45) is 0.330. The first-order valence-electron chi connectivity index (χ1n) is 7.83. The third-order valence-electron chi connectivity index (χ3n) is 3.22. The molecule has 0 atom stereocenters. The van der Waals surface area contributed by atoms with E-state index in [1.807, 2.05) is 41.5 Å². The van der Waals surface area contributed by atoms with E-state index >= 15 is 0 Å². The lowest BCUT2D eigenvalue weighted by Gasteiger charge is -2.27. The largest absolute Gasteiger partial charge is 0.507 e. The van der Waals surface area contributed by atoms with Gasteiger partial charge in [-0.05, 0) is 23.0 Å². The number of benzene rings is 1. The van der Waals surface area contributed by atoms with Crippen LogP contribution in [0.5, 0.6) is 11.5 Å². The average Bonchev–Trinajstić information content (AvgIpc) is 2.35. The van der Waals surface area contributed by atoms with Gasteiger partial charge in [-0.3, -0.25) is 4.79 Å². The van der Waals surface area contributed by atoms with Gasteiger partial charge < -0.3 is 24.5 Å². The van der Waals surface area contributed by atoms with Gasteiger partial charge >= 0.3 is 13.8 Å². The van der Waals surface area contributed by atoms with Crippen LogP contribution in [-0.2, 0) is 20.2 Å². The van der Waals surface area contributed by atoms with Crippen molar-refractivity contribution in [3.63, 3.8) is 0 Å². The monoisotopic (exact) mass is 376 g/mol. The fourth-order valence-electron chi connectivity index (χ4n) is 2.01. The zero-order valence-corrected chi connectivity index (χ0v) is 16.7. The molecule has 0 radical (unpaired) electrons. The van der Waals surface area contributed by atoms with Crippen LogP contribution in [0.1, 0.15) is 66.0 Å². The standard InChI is InChI=1S/C17H26O3.H3O4P/c1-8-14(18)20-11-9-12(16(2,3)4)15(19)13(10-11)17(5,6)7;1-5(2,3)4/h9-10,19H,8H2,1-7H3;(H3,1,2,3,4). The Morgan fingerprint density at radius 3 is 1.56 bits per heavy atom. The number of hydrogen-bond donors (Lipinski definition) is 4. The predicted molar refractivity (Wildman–Crippen MR) is 95.7 cm³/mol. The molecule has 0 aliphatic heterocycles. The van der Waals surface area contributed by atoms with Crippen LogP contribution in [0.25, 0.3) is 0 Å². The highest BCUT2D eigenvalue weighted by Gasteiger charge is 2.27. The van der Waals surface area contributed by atoms with Crippen molar-refractivity contribution in [2.75, 3.05) is 0 Å². The van der Waals surface area contributed by atoms with Crippen LogP contribution >= 0.6 is 7.82 Å². The van der Waals surface area contributed by atoms with E-state index in [4.69, 9.17) is 24.0 Å². The summed E-state index contributed by atoms with van der Waals surface area (Å²) in [7, 11) is -4.64. The maximum Gasteiger partial charge on any atom is 0.466 e. The van der Waals surface area contributed by atoms with Crippen LogP contribution in [0, 0.1) is 0 Å². The second-order valence-corrected chi connectivity index (χ2v) is 8.73. The van der Waals surface area contributed by atoms with Gasteiger partial charge in [-0.1, -0.05) is 48.5 Å². The van der Waals surface area contributed by atoms with E-state index in [1.165, 1.54) is 0 Å². The molecule has 0 aromatic heterocycles. The van der Waals surface area contributed by atoms with Crippen LogP contribution in [0.4, 0.5) is 0 Å². The van der Waals surface area contributed by atoms with Crippen molar-refractivity contribution in [2.45, 2.75) is 65.7 Å².